The van der Waals surface area contributed by atoms with Crippen molar-refractivity contribution >= 4 is 9.84 Å². The first-order valence-electron chi connectivity index (χ1n) is 6.67. The molecule has 106 valence electrons. The standard InChI is InChI=1S/C15H17NO3S/c17-20(18)9-6-16(7-10-20)11-13-1-3-14(4-2-13)15-5-8-19-12-15/h1-5,8,12H,6-7,9-11H2. The van der Waals surface area contributed by atoms with E-state index in [9.17, 15) is 8.42 Å². The van der Waals surface area contributed by atoms with Crippen molar-refractivity contribution in [1.29, 1.82) is 0 Å². The summed E-state index contributed by atoms with van der Waals surface area (Å²) in [6.45, 7) is 2.07. The first kappa shape index (κ1) is 13.4. The SMILES string of the molecule is O=S1(=O)CCN(Cc2ccc(-c3ccoc3)cc2)CC1. The van der Waals surface area contributed by atoms with Gasteiger partial charge in [-0.25, -0.2) is 8.42 Å². The summed E-state index contributed by atoms with van der Waals surface area (Å²) in [5, 5.41) is 0. The maximum absolute atomic E-state index is 11.4. The highest BCUT2D eigenvalue weighted by molar-refractivity contribution is 7.91. The van der Waals surface area contributed by atoms with E-state index in [1.54, 1.807) is 12.5 Å². The molecule has 1 aliphatic rings. The van der Waals surface area contributed by atoms with Crippen LogP contribution in [0, 0.1) is 0 Å². The maximum Gasteiger partial charge on any atom is 0.152 e. The molecule has 1 aromatic carbocycles. The molecule has 0 amide bonds. The average molecular weight is 291 g/mol. The van der Waals surface area contributed by atoms with Crippen LogP contribution in [0.15, 0.2) is 47.3 Å². The van der Waals surface area contributed by atoms with Crippen LogP contribution in [0.25, 0.3) is 11.1 Å². The summed E-state index contributed by atoms with van der Waals surface area (Å²) in [6.07, 6.45) is 3.39. The van der Waals surface area contributed by atoms with Crippen LogP contribution in [0.4, 0.5) is 0 Å². The summed E-state index contributed by atoms with van der Waals surface area (Å²) < 4.78 is 27.9. The molecule has 20 heavy (non-hydrogen) atoms. The number of hydrogen-bond donors (Lipinski definition) is 0. The molecule has 3 rings (SSSR count). The molecule has 1 aliphatic heterocycles. The summed E-state index contributed by atoms with van der Waals surface area (Å²) >= 11 is 0. The maximum atomic E-state index is 11.4. The Hall–Kier alpha value is -1.59. The van der Waals surface area contributed by atoms with E-state index in [2.05, 4.69) is 29.2 Å². The molecule has 0 bridgehead atoms. The van der Waals surface area contributed by atoms with E-state index in [0.29, 0.717) is 13.1 Å². The van der Waals surface area contributed by atoms with E-state index in [4.69, 9.17) is 4.42 Å². The number of benzene rings is 1. The van der Waals surface area contributed by atoms with Gasteiger partial charge in [-0.2, -0.15) is 0 Å². The van der Waals surface area contributed by atoms with Crippen molar-refractivity contribution in [3.8, 4) is 11.1 Å². The fourth-order valence-corrected chi connectivity index (χ4v) is 3.67. The predicted molar refractivity (Wildman–Crippen MR) is 78.1 cm³/mol. The van der Waals surface area contributed by atoms with Crippen LogP contribution in [0.5, 0.6) is 0 Å². The highest BCUT2D eigenvalue weighted by atomic mass is 32.2. The molecule has 1 saturated heterocycles. The molecule has 0 saturated carbocycles. The smallest absolute Gasteiger partial charge is 0.152 e. The summed E-state index contributed by atoms with van der Waals surface area (Å²) in [5.41, 5.74) is 3.40. The molecule has 0 unspecified atom stereocenters. The number of nitrogens with zero attached hydrogens (tertiary/aromatic N) is 1. The molecule has 0 aliphatic carbocycles. The fourth-order valence-electron chi connectivity index (χ4n) is 2.40. The summed E-state index contributed by atoms with van der Waals surface area (Å²) in [7, 11) is -2.80. The number of hydrogen-bond acceptors (Lipinski definition) is 4. The van der Waals surface area contributed by atoms with Gasteiger partial charge in [-0.15, -0.1) is 0 Å². The minimum atomic E-state index is -2.80. The van der Waals surface area contributed by atoms with E-state index < -0.39 is 9.84 Å². The average Bonchev–Trinajstić information content (AvgIpc) is 2.96. The van der Waals surface area contributed by atoms with Gasteiger partial charge in [0, 0.05) is 25.2 Å². The Morgan fingerprint density at radius 1 is 1.00 bits per heavy atom. The second kappa shape index (κ2) is 5.42. The van der Waals surface area contributed by atoms with Gasteiger partial charge >= 0.3 is 0 Å². The minimum absolute atomic E-state index is 0.278. The van der Waals surface area contributed by atoms with Crippen molar-refractivity contribution < 1.29 is 12.8 Å². The molecule has 0 radical (unpaired) electrons. The monoisotopic (exact) mass is 291 g/mol. The van der Waals surface area contributed by atoms with Crippen LogP contribution in [0.1, 0.15) is 5.56 Å². The van der Waals surface area contributed by atoms with E-state index in [1.807, 2.05) is 6.07 Å². The molecular weight excluding hydrogens is 274 g/mol. The molecule has 2 aromatic rings. The van der Waals surface area contributed by atoms with Gasteiger partial charge in [-0.3, -0.25) is 4.90 Å². The van der Waals surface area contributed by atoms with Gasteiger partial charge in [0.25, 0.3) is 0 Å². The third-order valence-electron chi connectivity index (χ3n) is 3.65. The van der Waals surface area contributed by atoms with Crippen molar-refractivity contribution in [2.24, 2.45) is 0 Å². The first-order chi connectivity index (χ1) is 9.62. The third-order valence-corrected chi connectivity index (χ3v) is 5.26. The Balaban J connectivity index is 1.64. The van der Waals surface area contributed by atoms with Gasteiger partial charge in [0.15, 0.2) is 9.84 Å². The highest BCUT2D eigenvalue weighted by Gasteiger charge is 2.21. The Morgan fingerprint density at radius 2 is 1.70 bits per heavy atom. The van der Waals surface area contributed by atoms with Gasteiger partial charge < -0.3 is 4.42 Å². The van der Waals surface area contributed by atoms with Crippen LogP contribution in [-0.2, 0) is 16.4 Å². The third kappa shape index (κ3) is 3.11. The van der Waals surface area contributed by atoms with Crippen molar-refractivity contribution in [2.75, 3.05) is 24.6 Å². The molecule has 1 aromatic heterocycles. The zero-order valence-corrected chi connectivity index (χ0v) is 12.0. The summed E-state index contributed by atoms with van der Waals surface area (Å²) in [6, 6.07) is 10.3. The van der Waals surface area contributed by atoms with E-state index >= 15 is 0 Å². The molecular formula is C15H17NO3S. The summed E-state index contributed by atoms with van der Waals surface area (Å²) in [4.78, 5) is 2.19. The van der Waals surface area contributed by atoms with Gasteiger partial charge in [-0.1, -0.05) is 24.3 Å². The summed E-state index contributed by atoms with van der Waals surface area (Å²) in [5.74, 6) is 0.556. The van der Waals surface area contributed by atoms with Crippen LogP contribution >= 0.6 is 0 Å². The lowest BCUT2D eigenvalue weighted by Gasteiger charge is -2.26. The Labute approximate surface area is 118 Å². The number of rotatable bonds is 3. The predicted octanol–water partition coefficient (Wildman–Crippen LogP) is 2.18. The van der Waals surface area contributed by atoms with Crippen molar-refractivity contribution in [3.05, 3.63) is 48.4 Å². The van der Waals surface area contributed by atoms with Gasteiger partial charge in [-0.05, 0) is 17.2 Å². The molecule has 2 heterocycles. The van der Waals surface area contributed by atoms with Crippen molar-refractivity contribution in [2.45, 2.75) is 6.54 Å². The lowest BCUT2D eigenvalue weighted by Crippen LogP contribution is -2.39. The second-order valence-corrected chi connectivity index (χ2v) is 7.44. The van der Waals surface area contributed by atoms with Crippen LogP contribution in [0.3, 0.4) is 0 Å². The normalized spacial score (nSPS) is 19.0. The zero-order valence-electron chi connectivity index (χ0n) is 11.2. The lowest BCUT2D eigenvalue weighted by molar-refractivity contribution is 0.287. The molecule has 0 N–H and O–H groups in total. The lowest BCUT2D eigenvalue weighted by atomic mass is 10.1. The highest BCUT2D eigenvalue weighted by Crippen LogP contribution is 2.20. The zero-order chi connectivity index (χ0) is 14.0. The molecule has 4 nitrogen and oxygen atoms in total. The second-order valence-electron chi connectivity index (χ2n) is 5.14. The topological polar surface area (TPSA) is 50.5 Å². The largest absolute Gasteiger partial charge is 0.472 e. The number of sulfone groups is 1. The molecule has 0 atom stereocenters. The van der Waals surface area contributed by atoms with E-state index in [1.165, 1.54) is 5.56 Å². The van der Waals surface area contributed by atoms with Crippen LogP contribution in [-0.4, -0.2) is 37.9 Å². The Bertz CT molecular complexity index is 646. The fraction of sp³-hybridized carbons (Fsp3) is 0.333. The van der Waals surface area contributed by atoms with Gasteiger partial charge in [0.1, 0.15) is 0 Å². The van der Waals surface area contributed by atoms with Crippen molar-refractivity contribution in [3.63, 3.8) is 0 Å². The van der Waals surface area contributed by atoms with Gasteiger partial charge in [0.05, 0.1) is 24.0 Å². The number of furan rings is 1. The van der Waals surface area contributed by atoms with Crippen LogP contribution in [0.2, 0.25) is 0 Å². The van der Waals surface area contributed by atoms with E-state index in [0.717, 1.165) is 17.7 Å². The molecule has 1 fully saturated rings. The first-order valence-corrected chi connectivity index (χ1v) is 8.49. The van der Waals surface area contributed by atoms with Gasteiger partial charge in [0.2, 0.25) is 0 Å². The molecule has 5 heteroatoms. The minimum Gasteiger partial charge on any atom is -0.472 e. The Morgan fingerprint density at radius 3 is 2.30 bits per heavy atom. The van der Waals surface area contributed by atoms with Crippen LogP contribution < -0.4 is 0 Å². The van der Waals surface area contributed by atoms with E-state index in [-0.39, 0.29) is 11.5 Å². The van der Waals surface area contributed by atoms with Crippen molar-refractivity contribution in [1.82, 2.24) is 4.90 Å². The quantitative estimate of drug-likeness (QED) is 0.869. The molecule has 0 spiro atoms. The Kier molecular flexibility index (Phi) is 3.63.